The molecule has 4 aromatic rings. The van der Waals surface area contributed by atoms with Crippen molar-refractivity contribution in [1.29, 1.82) is 0 Å². The second-order valence-corrected chi connectivity index (χ2v) is 7.90. The number of hydrogen-bond acceptors (Lipinski definition) is 6. The van der Waals surface area contributed by atoms with Gasteiger partial charge in [-0.05, 0) is 42.0 Å². The first-order valence-corrected chi connectivity index (χ1v) is 10.8. The fraction of sp³-hybridized carbons (Fsp3) is 0.167. The van der Waals surface area contributed by atoms with E-state index in [0.29, 0.717) is 26.1 Å². The second-order valence-electron chi connectivity index (χ2n) is 6.89. The third-order valence-electron chi connectivity index (χ3n) is 4.91. The van der Waals surface area contributed by atoms with Gasteiger partial charge in [-0.3, -0.25) is 9.59 Å². The zero-order chi connectivity index (χ0) is 22.7. The molecular formula is C24H20N2O5S. The van der Waals surface area contributed by atoms with Crippen LogP contribution in [-0.4, -0.2) is 36.1 Å². The highest BCUT2D eigenvalue weighted by Crippen LogP contribution is 2.22. The van der Waals surface area contributed by atoms with Gasteiger partial charge >= 0.3 is 11.9 Å². The molecule has 4 rings (SSSR count). The summed E-state index contributed by atoms with van der Waals surface area (Å²) in [5.74, 6) is -1.33. The molecular weight excluding hydrogens is 428 g/mol. The van der Waals surface area contributed by atoms with Crippen molar-refractivity contribution >= 4 is 50.2 Å². The van der Waals surface area contributed by atoms with Gasteiger partial charge in [-0.1, -0.05) is 47.7 Å². The van der Waals surface area contributed by atoms with Crippen molar-refractivity contribution in [2.75, 3.05) is 13.7 Å². The molecule has 0 unspecified atom stereocenters. The van der Waals surface area contributed by atoms with Crippen LogP contribution in [0.15, 0.2) is 65.7 Å². The number of thiazole rings is 1. The number of benzene rings is 3. The van der Waals surface area contributed by atoms with Crippen molar-refractivity contribution in [3.63, 3.8) is 0 Å². The van der Waals surface area contributed by atoms with Crippen LogP contribution in [-0.2, 0) is 20.8 Å². The van der Waals surface area contributed by atoms with Gasteiger partial charge in [0.05, 0.1) is 29.5 Å². The molecule has 0 aliphatic rings. The number of carbonyl (C=O) groups is 3. The monoisotopic (exact) mass is 448 g/mol. The van der Waals surface area contributed by atoms with Crippen molar-refractivity contribution in [1.82, 2.24) is 4.57 Å². The Labute approximate surface area is 187 Å². The normalized spacial score (nSPS) is 11.6. The summed E-state index contributed by atoms with van der Waals surface area (Å²) in [6.45, 7) is 1.87. The maximum Gasteiger partial charge on any atom is 0.337 e. The molecule has 0 aliphatic carbocycles. The van der Waals surface area contributed by atoms with Gasteiger partial charge in [-0.25, -0.2) is 4.79 Å². The lowest BCUT2D eigenvalue weighted by molar-refractivity contribution is -0.143. The number of nitrogens with zero attached hydrogens (tertiary/aromatic N) is 2. The van der Waals surface area contributed by atoms with Crippen molar-refractivity contribution in [3.05, 3.63) is 76.6 Å². The number of hydrogen-bond donors (Lipinski definition) is 0. The fourth-order valence-corrected chi connectivity index (χ4v) is 4.52. The van der Waals surface area contributed by atoms with Crippen LogP contribution in [0.3, 0.4) is 0 Å². The molecule has 1 heterocycles. The van der Waals surface area contributed by atoms with Crippen LogP contribution in [0.1, 0.15) is 27.6 Å². The average Bonchev–Trinajstić information content (AvgIpc) is 3.14. The van der Waals surface area contributed by atoms with E-state index in [4.69, 9.17) is 9.47 Å². The fourth-order valence-electron chi connectivity index (χ4n) is 3.45. The zero-order valence-electron chi connectivity index (χ0n) is 17.5. The molecule has 0 saturated heterocycles. The van der Waals surface area contributed by atoms with Gasteiger partial charge in [0.2, 0.25) is 0 Å². The SMILES string of the molecule is CCOC(=O)Cn1c(=NC(=O)c2cccc3ccccc23)sc2cc(C(=O)OC)ccc21. The molecule has 1 aromatic heterocycles. The van der Waals surface area contributed by atoms with Crippen molar-refractivity contribution in [2.45, 2.75) is 13.5 Å². The highest BCUT2D eigenvalue weighted by molar-refractivity contribution is 7.16. The van der Waals surface area contributed by atoms with Gasteiger partial charge in [-0.15, -0.1) is 0 Å². The first-order chi connectivity index (χ1) is 15.5. The van der Waals surface area contributed by atoms with E-state index in [-0.39, 0.29) is 13.2 Å². The Hall–Kier alpha value is -3.78. The van der Waals surface area contributed by atoms with Crippen LogP contribution in [0.4, 0.5) is 0 Å². The Morgan fingerprint density at radius 2 is 1.81 bits per heavy atom. The van der Waals surface area contributed by atoms with Crippen LogP contribution in [0.5, 0.6) is 0 Å². The topological polar surface area (TPSA) is 87.0 Å². The van der Waals surface area contributed by atoms with Gasteiger partial charge in [0, 0.05) is 5.56 Å². The Morgan fingerprint density at radius 3 is 2.59 bits per heavy atom. The number of fused-ring (bicyclic) bond motifs is 2. The molecule has 0 N–H and O–H groups in total. The Balaban J connectivity index is 1.87. The lowest BCUT2D eigenvalue weighted by Crippen LogP contribution is -2.23. The van der Waals surface area contributed by atoms with Crippen LogP contribution in [0, 0.1) is 0 Å². The van der Waals surface area contributed by atoms with E-state index in [1.807, 2.05) is 36.4 Å². The standard InChI is InChI=1S/C24H20N2O5S/c1-3-31-21(27)14-26-19-12-11-16(23(29)30-2)13-20(19)32-24(26)25-22(28)18-10-6-8-15-7-4-5-9-17(15)18/h4-13H,3,14H2,1-2H3. The third-order valence-corrected chi connectivity index (χ3v) is 5.95. The van der Waals surface area contributed by atoms with Gasteiger partial charge < -0.3 is 14.0 Å². The summed E-state index contributed by atoms with van der Waals surface area (Å²) in [6.07, 6.45) is 0. The van der Waals surface area contributed by atoms with Crippen molar-refractivity contribution < 1.29 is 23.9 Å². The van der Waals surface area contributed by atoms with E-state index < -0.39 is 17.8 Å². The molecule has 0 saturated carbocycles. The maximum atomic E-state index is 13.1. The molecule has 0 radical (unpaired) electrons. The third kappa shape index (κ3) is 4.17. The first kappa shape index (κ1) is 21.5. The van der Waals surface area contributed by atoms with Gasteiger partial charge in [0.15, 0.2) is 4.80 Å². The summed E-state index contributed by atoms with van der Waals surface area (Å²) in [5, 5.41) is 1.74. The Morgan fingerprint density at radius 1 is 1.03 bits per heavy atom. The summed E-state index contributed by atoms with van der Waals surface area (Å²) >= 11 is 1.21. The highest BCUT2D eigenvalue weighted by atomic mass is 32.1. The van der Waals surface area contributed by atoms with Crippen LogP contribution < -0.4 is 4.80 Å². The smallest absolute Gasteiger partial charge is 0.337 e. The van der Waals surface area contributed by atoms with Gasteiger partial charge in [0.1, 0.15) is 6.54 Å². The zero-order valence-corrected chi connectivity index (χ0v) is 18.3. The average molecular weight is 449 g/mol. The molecule has 162 valence electrons. The molecule has 0 spiro atoms. The van der Waals surface area contributed by atoms with Crippen molar-refractivity contribution in [3.8, 4) is 0 Å². The van der Waals surface area contributed by atoms with E-state index in [0.717, 1.165) is 10.8 Å². The minimum absolute atomic E-state index is 0.104. The molecule has 8 heteroatoms. The van der Waals surface area contributed by atoms with Crippen LogP contribution in [0.2, 0.25) is 0 Å². The van der Waals surface area contributed by atoms with Gasteiger partial charge in [0.25, 0.3) is 5.91 Å². The van der Waals surface area contributed by atoms with E-state index >= 15 is 0 Å². The Kier molecular flexibility index (Phi) is 6.13. The molecule has 0 fully saturated rings. The number of esters is 2. The number of amides is 1. The molecule has 3 aromatic carbocycles. The Bertz CT molecular complexity index is 1410. The minimum atomic E-state index is -0.470. The largest absolute Gasteiger partial charge is 0.465 e. The summed E-state index contributed by atoms with van der Waals surface area (Å²) < 4.78 is 12.2. The highest BCUT2D eigenvalue weighted by Gasteiger charge is 2.16. The van der Waals surface area contributed by atoms with E-state index in [9.17, 15) is 14.4 Å². The summed E-state index contributed by atoms with van der Waals surface area (Å²) in [5.41, 5.74) is 1.51. The summed E-state index contributed by atoms with van der Waals surface area (Å²) in [7, 11) is 1.31. The predicted molar refractivity (Wildman–Crippen MR) is 122 cm³/mol. The minimum Gasteiger partial charge on any atom is -0.465 e. The van der Waals surface area contributed by atoms with E-state index in [2.05, 4.69) is 4.99 Å². The molecule has 0 atom stereocenters. The maximum absolute atomic E-state index is 13.1. The number of rotatable bonds is 5. The number of aromatic nitrogens is 1. The summed E-state index contributed by atoms with van der Waals surface area (Å²) in [4.78, 5) is 42.0. The van der Waals surface area contributed by atoms with Crippen LogP contribution in [0.25, 0.3) is 21.0 Å². The first-order valence-electron chi connectivity index (χ1n) is 9.96. The number of methoxy groups -OCH3 is 1. The molecule has 0 bridgehead atoms. The van der Waals surface area contributed by atoms with E-state index in [1.54, 1.807) is 35.8 Å². The number of ether oxygens (including phenoxy) is 2. The predicted octanol–water partition coefficient (Wildman–Crippen LogP) is 3.95. The summed E-state index contributed by atoms with van der Waals surface area (Å²) in [6, 6.07) is 18.0. The molecule has 7 nitrogen and oxygen atoms in total. The number of carbonyl (C=O) groups excluding carboxylic acids is 3. The molecule has 32 heavy (non-hydrogen) atoms. The lowest BCUT2D eigenvalue weighted by Gasteiger charge is -2.06. The lowest BCUT2D eigenvalue weighted by atomic mass is 10.0. The van der Waals surface area contributed by atoms with Crippen LogP contribution >= 0.6 is 11.3 Å². The van der Waals surface area contributed by atoms with Gasteiger partial charge in [-0.2, -0.15) is 4.99 Å². The molecule has 0 aliphatic heterocycles. The van der Waals surface area contributed by atoms with Crippen molar-refractivity contribution in [2.24, 2.45) is 4.99 Å². The van der Waals surface area contributed by atoms with E-state index in [1.165, 1.54) is 18.4 Å². The molecule has 1 amide bonds. The quantitative estimate of drug-likeness (QED) is 0.432. The second kappa shape index (κ2) is 9.15.